The van der Waals surface area contributed by atoms with Gasteiger partial charge in [0.15, 0.2) is 0 Å². The Bertz CT molecular complexity index is 230. The van der Waals surface area contributed by atoms with Gasteiger partial charge < -0.3 is 16.0 Å². The zero-order valence-electron chi connectivity index (χ0n) is 8.45. The molecule has 0 aromatic heterocycles. The summed E-state index contributed by atoms with van der Waals surface area (Å²) in [5.41, 5.74) is 5.17. The number of nitrogens with two attached hydrogens (primary N) is 1. The molecule has 3 N–H and O–H groups in total. The number of carbonyl (C=O) groups is 2. The maximum atomic E-state index is 11.5. The first kappa shape index (κ1) is 11.0. The number of rotatable bonds is 4. The molecule has 0 spiro atoms. The highest BCUT2D eigenvalue weighted by molar-refractivity contribution is 5.82. The van der Waals surface area contributed by atoms with Crippen molar-refractivity contribution in [2.24, 2.45) is 11.7 Å². The highest BCUT2D eigenvalue weighted by Gasteiger charge is 2.28. The normalized spacial score (nSPS) is 21.2. The minimum atomic E-state index is -0.302. The molecule has 1 aliphatic heterocycles. The predicted molar refractivity (Wildman–Crippen MR) is 52.4 cm³/mol. The maximum Gasteiger partial charge on any atom is 0.236 e. The molecule has 1 aliphatic rings. The second kappa shape index (κ2) is 4.95. The third-order valence-electron chi connectivity index (χ3n) is 2.47. The van der Waals surface area contributed by atoms with Crippen LogP contribution in [-0.2, 0) is 9.59 Å². The Hall–Kier alpha value is -1.10. The first-order valence-corrected chi connectivity index (χ1v) is 4.93. The molecule has 80 valence electrons. The number of primary amides is 1. The van der Waals surface area contributed by atoms with E-state index < -0.39 is 0 Å². The van der Waals surface area contributed by atoms with E-state index >= 15 is 0 Å². The number of amides is 2. The van der Waals surface area contributed by atoms with Crippen LogP contribution in [0, 0.1) is 5.92 Å². The lowest BCUT2D eigenvalue weighted by molar-refractivity contribution is -0.129. The molecule has 1 unspecified atom stereocenters. The summed E-state index contributed by atoms with van der Waals surface area (Å²) in [5, 5.41) is 2.96. The van der Waals surface area contributed by atoms with Gasteiger partial charge in [-0.3, -0.25) is 9.59 Å². The van der Waals surface area contributed by atoms with Gasteiger partial charge in [0, 0.05) is 13.1 Å². The fraction of sp³-hybridized carbons (Fsp3) is 0.778. The van der Waals surface area contributed by atoms with Crippen LogP contribution in [0.1, 0.15) is 13.3 Å². The maximum absolute atomic E-state index is 11.5. The van der Waals surface area contributed by atoms with Crippen molar-refractivity contribution in [2.75, 3.05) is 26.2 Å². The third-order valence-corrected chi connectivity index (χ3v) is 2.47. The molecule has 2 amide bonds. The van der Waals surface area contributed by atoms with E-state index in [0.717, 1.165) is 6.54 Å². The van der Waals surface area contributed by atoms with Gasteiger partial charge in [-0.25, -0.2) is 0 Å². The summed E-state index contributed by atoms with van der Waals surface area (Å²) >= 11 is 0. The molecule has 0 bridgehead atoms. The van der Waals surface area contributed by atoms with Crippen LogP contribution in [0.5, 0.6) is 0 Å². The van der Waals surface area contributed by atoms with Crippen molar-refractivity contribution in [1.29, 1.82) is 0 Å². The van der Waals surface area contributed by atoms with Crippen LogP contribution in [0.3, 0.4) is 0 Å². The molecule has 1 rings (SSSR count). The molecule has 1 atom stereocenters. The molecule has 5 heteroatoms. The average Bonchev–Trinajstić information content (AvgIpc) is 2.62. The first-order chi connectivity index (χ1) is 6.65. The van der Waals surface area contributed by atoms with E-state index in [1.54, 1.807) is 4.90 Å². The average molecular weight is 199 g/mol. The number of nitrogens with one attached hydrogen (secondary N) is 1. The number of hydrogen-bond donors (Lipinski definition) is 2. The summed E-state index contributed by atoms with van der Waals surface area (Å²) in [4.78, 5) is 24.0. The third kappa shape index (κ3) is 2.70. The van der Waals surface area contributed by atoms with Crippen molar-refractivity contribution in [3.05, 3.63) is 0 Å². The molecular weight excluding hydrogens is 182 g/mol. The zero-order valence-corrected chi connectivity index (χ0v) is 8.45. The topological polar surface area (TPSA) is 75.4 Å². The molecule has 5 nitrogen and oxygen atoms in total. The van der Waals surface area contributed by atoms with Crippen LogP contribution in [0.25, 0.3) is 0 Å². The Balaban J connectivity index is 2.34. The summed E-state index contributed by atoms with van der Waals surface area (Å²) in [6.07, 6.45) is 0.702. The highest BCUT2D eigenvalue weighted by atomic mass is 16.2. The van der Waals surface area contributed by atoms with Gasteiger partial charge in [0.1, 0.15) is 0 Å². The summed E-state index contributed by atoms with van der Waals surface area (Å²) < 4.78 is 0. The monoisotopic (exact) mass is 199 g/mol. The lowest BCUT2D eigenvalue weighted by atomic mass is 10.1. The van der Waals surface area contributed by atoms with E-state index in [1.165, 1.54) is 0 Å². The molecule has 1 heterocycles. The smallest absolute Gasteiger partial charge is 0.236 e. The van der Waals surface area contributed by atoms with Crippen molar-refractivity contribution in [1.82, 2.24) is 10.2 Å². The van der Waals surface area contributed by atoms with Gasteiger partial charge in [0.25, 0.3) is 0 Å². The summed E-state index contributed by atoms with van der Waals surface area (Å²) in [7, 11) is 0. The van der Waals surface area contributed by atoms with Crippen LogP contribution in [0.15, 0.2) is 0 Å². The van der Waals surface area contributed by atoms with Crippen LogP contribution < -0.4 is 11.1 Å². The van der Waals surface area contributed by atoms with E-state index in [1.807, 2.05) is 6.92 Å². The molecule has 0 radical (unpaired) electrons. The minimum Gasteiger partial charge on any atom is -0.369 e. The fourth-order valence-electron chi connectivity index (χ4n) is 1.56. The fourth-order valence-corrected chi connectivity index (χ4v) is 1.56. The molecule has 1 fully saturated rings. The molecule has 0 saturated carbocycles. The molecule has 0 aromatic carbocycles. The number of hydrogen-bond acceptors (Lipinski definition) is 3. The van der Waals surface area contributed by atoms with E-state index in [2.05, 4.69) is 5.32 Å². The van der Waals surface area contributed by atoms with Gasteiger partial charge in [0.2, 0.25) is 11.8 Å². The van der Waals surface area contributed by atoms with Crippen molar-refractivity contribution in [3.63, 3.8) is 0 Å². The van der Waals surface area contributed by atoms with Gasteiger partial charge in [-0.05, 0) is 13.0 Å². The van der Waals surface area contributed by atoms with Gasteiger partial charge >= 0.3 is 0 Å². The number of likely N-dealkylation sites (N-methyl/N-ethyl adjacent to an activating group) is 1. The van der Waals surface area contributed by atoms with Crippen LogP contribution in [0.2, 0.25) is 0 Å². The Morgan fingerprint density at radius 3 is 2.79 bits per heavy atom. The van der Waals surface area contributed by atoms with Crippen molar-refractivity contribution in [2.45, 2.75) is 13.3 Å². The lowest BCUT2D eigenvalue weighted by Crippen LogP contribution is -2.37. The first-order valence-electron chi connectivity index (χ1n) is 4.93. The number of carbonyl (C=O) groups excluding carboxylic acids is 2. The Morgan fingerprint density at radius 1 is 1.57 bits per heavy atom. The zero-order chi connectivity index (χ0) is 10.6. The van der Waals surface area contributed by atoms with Crippen molar-refractivity contribution in [3.8, 4) is 0 Å². The van der Waals surface area contributed by atoms with Gasteiger partial charge in [-0.2, -0.15) is 0 Å². The van der Waals surface area contributed by atoms with Crippen molar-refractivity contribution >= 4 is 11.8 Å². The summed E-state index contributed by atoms with van der Waals surface area (Å²) in [5.74, 6) is -0.403. The van der Waals surface area contributed by atoms with E-state index in [4.69, 9.17) is 5.73 Å². The minimum absolute atomic E-state index is 0.0515. The summed E-state index contributed by atoms with van der Waals surface area (Å²) in [6, 6.07) is 0. The Kier molecular flexibility index (Phi) is 3.88. The van der Waals surface area contributed by atoms with Crippen LogP contribution >= 0.6 is 0 Å². The number of likely N-dealkylation sites (tertiary alicyclic amines) is 1. The molecular formula is C9H17N3O2. The molecule has 0 aromatic rings. The SMILES string of the molecule is CCNCC(=O)N1CCC(C(N)=O)C1. The lowest BCUT2D eigenvalue weighted by Gasteiger charge is -2.15. The van der Waals surface area contributed by atoms with E-state index in [9.17, 15) is 9.59 Å². The van der Waals surface area contributed by atoms with Gasteiger partial charge in [-0.15, -0.1) is 0 Å². The number of nitrogens with zero attached hydrogens (tertiary/aromatic N) is 1. The molecule has 1 saturated heterocycles. The van der Waals surface area contributed by atoms with Crippen LogP contribution in [0.4, 0.5) is 0 Å². The summed E-state index contributed by atoms with van der Waals surface area (Å²) in [6.45, 7) is 4.21. The Labute approximate surface area is 83.6 Å². The van der Waals surface area contributed by atoms with E-state index in [0.29, 0.717) is 26.1 Å². The molecule has 14 heavy (non-hydrogen) atoms. The van der Waals surface area contributed by atoms with E-state index in [-0.39, 0.29) is 17.7 Å². The van der Waals surface area contributed by atoms with Gasteiger partial charge in [0.05, 0.1) is 12.5 Å². The quantitative estimate of drug-likeness (QED) is 0.605. The highest BCUT2D eigenvalue weighted by Crippen LogP contribution is 2.15. The van der Waals surface area contributed by atoms with Crippen LogP contribution in [-0.4, -0.2) is 42.9 Å². The molecule has 0 aliphatic carbocycles. The van der Waals surface area contributed by atoms with Crippen molar-refractivity contribution < 1.29 is 9.59 Å². The second-order valence-electron chi connectivity index (χ2n) is 3.51. The predicted octanol–water partition coefficient (Wildman–Crippen LogP) is -1.07. The largest absolute Gasteiger partial charge is 0.369 e. The second-order valence-corrected chi connectivity index (χ2v) is 3.51. The standard InChI is InChI=1S/C9H17N3O2/c1-2-11-5-8(13)12-4-3-7(6-12)9(10)14/h7,11H,2-6H2,1H3,(H2,10,14). The Morgan fingerprint density at radius 2 is 2.29 bits per heavy atom. The van der Waals surface area contributed by atoms with Gasteiger partial charge in [-0.1, -0.05) is 6.92 Å².